The monoisotopic (exact) mass is 285 g/mol. The Hall–Kier alpha value is -0.810. The van der Waals surface area contributed by atoms with Gasteiger partial charge in [-0.05, 0) is 46.2 Å². The Labute approximate surface area is 123 Å². The third-order valence-electron chi connectivity index (χ3n) is 4.53. The lowest BCUT2D eigenvalue weighted by molar-refractivity contribution is 0.0771. The first kappa shape index (κ1) is 17.2. The second-order valence-corrected chi connectivity index (χ2v) is 6.56. The molecule has 5 nitrogen and oxygen atoms in total. The predicted molar refractivity (Wildman–Crippen MR) is 81.7 cm³/mol. The van der Waals surface area contributed by atoms with Crippen molar-refractivity contribution < 1.29 is 9.90 Å². The van der Waals surface area contributed by atoms with E-state index in [1.54, 1.807) is 0 Å². The maximum atomic E-state index is 11.9. The van der Waals surface area contributed by atoms with Gasteiger partial charge < -0.3 is 20.6 Å². The van der Waals surface area contributed by atoms with Crippen LogP contribution in [-0.4, -0.2) is 54.9 Å². The number of carbonyl (C=O) groups is 1. The van der Waals surface area contributed by atoms with E-state index in [1.807, 2.05) is 6.92 Å². The molecule has 1 fully saturated rings. The molecule has 2 unspecified atom stereocenters. The molecule has 0 aromatic heterocycles. The molecule has 1 saturated carbocycles. The molecule has 0 radical (unpaired) electrons. The zero-order chi connectivity index (χ0) is 15.2. The maximum absolute atomic E-state index is 11.9. The number of hydrogen-bond donors (Lipinski definition) is 3. The average Bonchev–Trinajstić information content (AvgIpc) is 2.36. The van der Waals surface area contributed by atoms with Gasteiger partial charge in [0.2, 0.25) is 0 Å². The van der Waals surface area contributed by atoms with Crippen LogP contribution in [0.2, 0.25) is 0 Å². The summed E-state index contributed by atoms with van der Waals surface area (Å²) in [6.07, 6.45) is 5.37. The van der Waals surface area contributed by atoms with E-state index in [0.29, 0.717) is 18.9 Å². The minimum atomic E-state index is -0.134. The summed E-state index contributed by atoms with van der Waals surface area (Å²) < 4.78 is 0. The number of nitrogens with one attached hydrogen (secondary N) is 2. The lowest BCUT2D eigenvalue weighted by Gasteiger charge is -2.45. The van der Waals surface area contributed by atoms with Crippen molar-refractivity contribution in [2.24, 2.45) is 5.92 Å². The zero-order valence-electron chi connectivity index (χ0n) is 13.4. The molecule has 0 aliphatic heterocycles. The number of aliphatic hydroxyl groups is 1. The minimum Gasteiger partial charge on any atom is -0.396 e. The van der Waals surface area contributed by atoms with Crippen LogP contribution in [0.15, 0.2) is 0 Å². The molecule has 20 heavy (non-hydrogen) atoms. The van der Waals surface area contributed by atoms with Crippen molar-refractivity contribution in [3.63, 3.8) is 0 Å². The predicted octanol–water partition coefficient (Wildman–Crippen LogP) is 1.57. The Kier molecular flexibility index (Phi) is 6.76. The van der Waals surface area contributed by atoms with E-state index >= 15 is 0 Å². The zero-order valence-corrected chi connectivity index (χ0v) is 13.4. The molecule has 0 bridgehead atoms. The van der Waals surface area contributed by atoms with Crippen molar-refractivity contribution in [2.45, 2.75) is 57.5 Å². The molecule has 5 heteroatoms. The Bertz CT molecular complexity index is 309. The van der Waals surface area contributed by atoms with Gasteiger partial charge in [0.25, 0.3) is 0 Å². The SMILES string of the molecule is CC1CCCC(CNC(=O)N[C@H](C)CCO)(N(C)C)C1. The molecule has 1 aliphatic rings. The molecular weight excluding hydrogens is 254 g/mol. The van der Waals surface area contributed by atoms with Crippen LogP contribution in [-0.2, 0) is 0 Å². The lowest BCUT2D eigenvalue weighted by Crippen LogP contribution is -2.56. The van der Waals surface area contributed by atoms with Gasteiger partial charge >= 0.3 is 6.03 Å². The standard InChI is InChI=1S/C15H31N3O2/c1-12-6-5-8-15(10-12,18(3)4)11-16-14(20)17-13(2)7-9-19/h12-13,19H,5-11H2,1-4H3,(H2,16,17,20)/t12?,13-,15?/m1/s1. The summed E-state index contributed by atoms with van der Waals surface area (Å²) in [6.45, 7) is 4.98. The topological polar surface area (TPSA) is 64.6 Å². The number of carbonyl (C=O) groups excluding carboxylic acids is 1. The third kappa shape index (κ3) is 4.94. The molecule has 1 aliphatic carbocycles. The normalized spacial score (nSPS) is 28.2. The smallest absolute Gasteiger partial charge is 0.315 e. The van der Waals surface area contributed by atoms with Crippen LogP contribution in [0.3, 0.4) is 0 Å². The van der Waals surface area contributed by atoms with Gasteiger partial charge in [0.15, 0.2) is 0 Å². The third-order valence-corrected chi connectivity index (χ3v) is 4.53. The van der Waals surface area contributed by atoms with Gasteiger partial charge in [-0.2, -0.15) is 0 Å². The van der Waals surface area contributed by atoms with Crippen molar-refractivity contribution in [3.05, 3.63) is 0 Å². The molecule has 0 spiro atoms. The molecular formula is C15H31N3O2. The highest BCUT2D eigenvalue weighted by Crippen LogP contribution is 2.35. The van der Waals surface area contributed by atoms with E-state index < -0.39 is 0 Å². The highest BCUT2D eigenvalue weighted by Gasteiger charge is 2.37. The second-order valence-electron chi connectivity index (χ2n) is 6.56. The number of hydrogen-bond acceptors (Lipinski definition) is 3. The van der Waals surface area contributed by atoms with E-state index in [1.165, 1.54) is 12.8 Å². The highest BCUT2D eigenvalue weighted by molar-refractivity contribution is 5.74. The van der Waals surface area contributed by atoms with E-state index in [-0.39, 0.29) is 24.2 Å². The number of urea groups is 1. The summed E-state index contributed by atoms with van der Waals surface area (Å²) in [5, 5.41) is 14.7. The van der Waals surface area contributed by atoms with Crippen LogP contribution in [0.5, 0.6) is 0 Å². The molecule has 1 rings (SSSR count). The average molecular weight is 285 g/mol. The van der Waals surface area contributed by atoms with Crippen LogP contribution < -0.4 is 10.6 Å². The summed E-state index contributed by atoms with van der Waals surface area (Å²) in [7, 11) is 4.21. The number of nitrogens with zero attached hydrogens (tertiary/aromatic N) is 1. The van der Waals surface area contributed by atoms with Crippen molar-refractivity contribution in [1.29, 1.82) is 0 Å². The van der Waals surface area contributed by atoms with Crippen molar-refractivity contribution in [1.82, 2.24) is 15.5 Å². The number of amides is 2. The molecule has 0 aromatic carbocycles. The fourth-order valence-electron chi connectivity index (χ4n) is 3.14. The fraction of sp³-hybridized carbons (Fsp3) is 0.933. The fourth-order valence-corrected chi connectivity index (χ4v) is 3.14. The number of likely N-dealkylation sites (N-methyl/N-ethyl adjacent to an activating group) is 1. The van der Waals surface area contributed by atoms with E-state index in [2.05, 4.69) is 36.6 Å². The Morgan fingerprint density at radius 3 is 2.75 bits per heavy atom. The number of rotatable bonds is 6. The number of aliphatic hydroxyl groups excluding tert-OH is 1. The molecule has 0 heterocycles. The molecule has 3 atom stereocenters. The second kappa shape index (κ2) is 7.84. The molecule has 2 amide bonds. The van der Waals surface area contributed by atoms with Crippen LogP contribution in [0.25, 0.3) is 0 Å². The first-order chi connectivity index (χ1) is 9.39. The Morgan fingerprint density at radius 1 is 1.50 bits per heavy atom. The largest absolute Gasteiger partial charge is 0.396 e. The minimum absolute atomic E-state index is 0.000542. The first-order valence-corrected chi connectivity index (χ1v) is 7.72. The van der Waals surface area contributed by atoms with Gasteiger partial charge in [-0.25, -0.2) is 4.79 Å². The molecule has 3 N–H and O–H groups in total. The van der Waals surface area contributed by atoms with Gasteiger partial charge in [-0.1, -0.05) is 19.8 Å². The summed E-state index contributed by atoms with van der Waals surface area (Å²) in [4.78, 5) is 14.2. The first-order valence-electron chi connectivity index (χ1n) is 7.72. The van der Waals surface area contributed by atoms with Gasteiger partial charge in [0.1, 0.15) is 0 Å². The summed E-state index contributed by atoms with van der Waals surface area (Å²) in [5.74, 6) is 0.712. The summed E-state index contributed by atoms with van der Waals surface area (Å²) >= 11 is 0. The molecule has 0 aromatic rings. The van der Waals surface area contributed by atoms with Gasteiger partial charge in [-0.15, -0.1) is 0 Å². The Morgan fingerprint density at radius 2 is 2.20 bits per heavy atom. The van der Waals surface area contributed by atoms with E-state index in [0.717, 1.165) is 12.8 Å². The van der Waals surface area contributed by atoms with E-state index in [4.69, 9.17) is 5.11 Å². The van der Waals surface area contributed by atoms with Crippen molar-refractivity contribution >= 4 is 6.03 Å². The van der Waals surface area contributed by atoms with E-state index in [9.17, 15) is 4.79 Å². The van der Waals surface area contributed by atoms with Gasteiger partial charge in [0, 0.05) is 24.7 Å². The quantitative estimate of drug-likeness (QED) is 0.694. The summed E-state index contributed by atoms with van der Waals surface area (Å²) in [6, 6.07) is -0.133. The van der Waals surface area contributed by atoms with Crippen LogP contribution >= 0.6 is 0 Å². The Balaban J connectivity index is 2.49. The van der Waals surface area contributed by atoms with Crippen LogP contribution in [0.4, 0.5) is 4.79 Å². The van der Waals surface area contributed by atoms with Crippen LogP contribution in [0, 0.1) is 5.92 Å². The van der Waals surface area contributed by atoms with Gasteiger partial charge in [-0.3, -0.25) is 0 Å². The van der Waals surface area contributed by atoms with Crippen molar-refractivity contribution in [3.8, 4) is 0 Å². The molecule has 0 saturated heterocycles. The maximum Gasteiger partial charge on any atom is 0.315 e. The molecule has 118 valence electrons. The highest BCUT2D eigenvalue weighted by atomic mass is 16.3. The van der Waals surface area contributed by atoms with Crippen molar-refractivity contribution in [2.75, 3.05) is 27.2 Å². The summed E-state index contributed by atoms with van der Waals surface area (Å²) in [5.41, 5.74) is 0.0786. The van der Waals surface area contributed by atoms with Gasteiger partial charge in [0.05, 0.1) is 0 Å². The van der Waals surface area contributed by atoms with Crippen LogP contribution in [0.1, 0.15) is 46.0 Å². The lowest BCUT2D eigenvalue weighted by atomic mass is 9.75.